The van der Waals surface area contributed by atoms with Gasteiger partial charge in [0.05, 0.1) is 12.7 Å². The van der Waals surface area contributed by atoms with Crippen LogP contribution in [-0.4, -0.2) is 51.5 Å². The average Bonchev–Trinajstić information content (AvgIpc) is 2.78. The molecule has 2 aliphatic heterocycles. The number of rotatable bonds is 5. The Morgan fingerprint density at radius 3 is 2.40 bits per heavy atom. The van der Waals surface area contributed by atoms with Crippen molar-refractivity contribution < 1.29 is 38.0 Å². The summed E-state index contributed by atoms with van der Waals surface area (Å²) in [6.07, 6.45) is -1.04. The summed E-state index contributed by atoms with van der Waals surface area (Å²) in [5.41, 5.74) is 0.697. The van der Waals surface area contributed by atoms with E-state index in [1.807, 2.05) is 0 Å². The van der Waals surface area contributed by atoms with Gasteiger partial charge in [-0.1, -0.05) is 0 Å². The maximum Gasteiger partial charge on any atom is 0.339 e. The third kappa shape index (κ3) is 4.05. The maximum absolute atomic E-state index is 12.6. The Morgan fingerprint density at radius 1 is 0.933 bits per heavy atom. The van der Waals surface area contributed by atoms with Gasteiger partial charge < -0.3 is 33.7 Å². The zero-order valence-corrected chi connectivity index (χ0v) is 16.6. The van der Waals surface area contributed by atoms with Gasteiger partial charge in [0.15, 0.2) is 29.1 Å². The maximum atomic E-state index is 12.6. The number of benzene rings is 2. The van der Waals surface area contributed by atoms with Crippen LogP contribution in [0.25, 0.3) is 0 Å². The van der Waals surface area contributed by atoms with E-state index in [-0.39, 0.29) is 5.56 Å². The van der Waals surface area contributed by atoms with Crippen LogP contribution < -0.4 is 29.0 Å². The number of nitrogens with one attached hydrogen (secondary N) is 1. The van der Waals surface area contributed by atoms with Gasteiger partial charge in [0.1, 0.15) is 26.4 Å². The van der Waals surface area contributed by atoms with E-state index in [0.29, 0.717) is 60.9 Å². The van der Waals surface area contributed by atoms with Crippen molar-refractivity contribution in [2.75, 3.05) is 38.9 Å². The first kappa shape index (κ1) is 19.7. The Labute approximate surface area is 172 Å². The second-order valence-corrected chi connectivity index (χ2v) is 6.60. The lowest BCUT2D eigenvalue weighted by Crippen LogP contribution is -2.30. The predicted octanol–water partition coefficient (Wildman–Crippen LogP) is 2.42. The second kappa shape index (κ2) is 8.40. The Hall–Kier alpha value is -3.62. The number of carbonyl (C=O) groups is 2. The van der Waals surface area contributed by atoms with Gasteiger partial charge in [-0.3, -0.25) is 4.79 Å². The molecule has 4 rings (SSSR count). The zero-order valence-electron chi connectivity index (χ0n) is 16.6. The Morgan fingerprint density at radius 2 is 1.63 bits per heavy atom. The van der Waals surface area contributed by atoms with Crippen molar-refractivity contribution >= 4 is 17.6 Å². The van der Waals surface area contributed by atoms with E-state index >= 15 is 0 Å². The van der Waals surface area contributed by atoms with Gasteiger partial charge in [-0.15, -0.1) is 0 Å². The molecule has 0 aliphatic carbocycles. The van der Waals surface area contributed by atoms with E-state index in [1.54, 1.807) is 18.2 Å². The lowest BCUT2D eigenvalue weighted by Gasteiger charge is -2.21. The average molecular weight is 415 g/mol. The predicted molar refractivity (Wildman–Crippen MR) is 105 cm³/mol. The molecule has 2 aromatic rings. The monoisotopic (exact) mass is 415 g/mol. The highest BCUT2D eigenvalue weighted by atomic mass is 16.6. The first-order valence-corrected chi connectivity index (χ1v) is 9.44. The number of amides is 1. The minimum Gasteiger partial charge on any atom is -0.493 e. The fourth-order valence-corrected chi connectivity index (χ4v) is 3.04. The summed E-state index contributed by atoms with van der Waals surface area (Å²) in [4.78, 5) is 25.0. The molecule has 0 radical (unpaired) electrons. The van der Waals surface area contributed by atoms with Gasteiger partial charge in [-0.05, 0) is 31.2 Å². The summed E-state index contributed by atoms with van der Waals surface area (Å²) in [7, 11) is 1.46. The molecule has 0 saturated carbocycles. The summed E-state index contributed by atoms with van der Waals surface area (Å²) < 4.78 is 32.6. The molecule has 0 aromatic heterocycles. The van der Waals surface area contributed by atoms with Gasteiger partial charge >= 0.3 is 5.97 Å². The molecule has 9 nitrogen and oxygen atoms in total. The van der Waals surface area contributed by atoms with Crippen molar-refractivity contribution in [3.8, 4) is 28.7 Å². The normalized spacial score (nSPS) is 15.0. The first-order valence-electron chi connectivity index (χ1n) is 9.44. The van der Waals surface area contributed by atoms with Crippen molar-refractivity contribution in [1.29, 1.82) is 0 Å². The lowest BCUT2D eigenvalue weighted by atomic mass is 10.1. The highest BCUT2D eigenvalue weighted by Crippen LogP contribution is 2.40. The van der Waals surface area contributed by atoms with Crippen molar-refractivity contribution in [1.82, 2.24) is 0 Å². The van der Waals surface area contributed by atoms with Crippen molar-refractivity contribution in [2.45, 2.75) is 13.0 Å². The van der Waals surface area contributed by atoms with Crippen LogP contribution in [0, 0.1) is 0 Å². The molecule has 2 aliphatic rings. The third-order valence-electron chi connectivity index (χ3n) is 4.53. The van der Waals surface area contributed by atoms with Gasteiger partial charge in [0.2, 0.25) is 5.75 Å². The van der Waals surface area contributed by atoms with E-state index in [0.717, 1.165) is 0 Å². The number of fused-ring (bicyclic) bond motifs is 2. The van der Waals surface area contributed by atoms with Crippen molar-refractivity contribution in [2.24, 2.45) is 0 Å². The Balaban J connectivity index is 1.42. The molecule has 30 heavy (non-hydrogen) atoms. The fourth-order valence-electron chi connectivity index (χ4n) is 3.04. The van der Waals surface area contributed by atoms with Crippen LogP contribution >= 0.6 is 0 Å². The number of carbonyl (C=O) groups excluding carboxylic acids is 2. The summed E-state index contributed by atoms with van der Waals surface area (Å²) in [6, 6.07) is 8.05. The molecule has 0 fully saturated rings. The quantitative estimate of drug-likeness (QED) is 0.743. The Bertz CT molecular complexity index is 956. The molecular weight excluding hydrogens is 394 g/mol. The number of hydrogen-bond donors (Lipinski definition) is 1. The number of hydrogen-bond acceptors (Lipinski definition) is 8. The van der Waals surface area contributed by atoms with Gasteiger partial charge in [0.25, 0.3) is 5.91 Å². The second-order valence-electron chi connectivity index (χ2n) is 6.60. The molecule has 158 valence electrons. The molecule has 0 saturated heterocycles. The van der Waals surface area contributed by atoms with E-state index in [2.05, 4.69) is 5.32 Å². The first-order chi connectivity index (χ1) is 14.5. The summed E-state index contributed by atoms with van der Waals surface area (Å²) in [5, 5.41) is 2.70. The van der Waals surface area contributed by atoms with E-state index in [9.17, 15) is 9.59 Å². The summed E-state index contributed by atoms with van der Waals surface area (Å²) in [5.74, 6) is 1.18. The van der Waals surface area contributed by atoms with Crippen LogP contribution in [0.2, 0.25) is 0 Å². The fraction of sp³-hybridized carbons (Fsp3) is 0.333. The van der Waals surface area contributed by atoms with E-state index in [4.69, 9.17) is 28.4 Å². The molecular formula is C21H21NO8. The van der Waals surface area contributed by atoms with Crippen molar-refractivity contribution in [3.63, 3.8) is 0 Å². The van der Waals surface area contributed by atoms with Crippen LogP contribution in [0.1, 0.15) is 17.3 Å². The molecule has 0 bridgehead atoms. The molecule has 1 atom stereocenters. The zero-order chi connectivity index (χ0) is 21.1. The number of esters is 1. The molecule has 2 heterocycles. The lowest BCUT2D eigenvalue weighted by molar-refractivity contribution is -0.123. The minimum absolute atomic E-state index is 0.190. The molecule has 9 heteroatoms. The summed E-state index contributed by atoms with van der Waals surface area (Å²) >= 11 is 0. The van der Waals surface area contributed by atoms with Crippen molar-refractivity contribution in [3.05, 3.63) is 35.9 Å². The van der Waals surface area contributed by atoms with Gasteiger partial charge in [-0.25, -0.2) is 4.79 Å². The molecule has 2 aromatic carbocycles. The third-order valence-corrected chi connectivity index (χ3v) is 4.53. The molecule has 1 amide bonds. The van der Waals surface area contributed by atoms with E-state index in [1.165, 1.54) is 26.2 Å². The van der Waals surface area contributed by atoms with Crippen LogP contribution in [0.3, 0.4) is 0 Å². The number of anilines is 1. The van der Waals surface area contributed by atoms with Gasteiger partial charge in [0, 0.05) is 11.8 Å². The highest BCUT2D eigenvalue weighted by molar-refractivity contribution is 5.98. The molecule has 0 spiro atoms. The highest BCUT2D eigenvalue weighted by Gasteiger charge is 2.24. The van der Waals surface area contributed by atoms with Crippen LogP contribution in [0.5, 0.6) is 28.7 Å². The van der Waals surface area contributed by atoms with Gasteiger partial charge in [-0.2, -0.15) is 0 Å². The molecule has 0 unspecified atom stereocenters. The molecule has 1 N–H and O–H groups in total. The standard InChI is InChI=1S/C21H21NO8/c1-12(20(23)22-14-3-4-15-16(11-14)27-6-5-26-15)30-21(24)13-9-17(25-2)19-18(10-13)28-7-8-29-19/h3-4,9-12H,5-8H2,1-2H3,(H,22,23)/t12-/m0/s1. The Kier molecular flexibility index (Phi) is 5.51. The smallest absolute Gasteiger partial charge is 0.339 e. The summed E-state index contributed by atoms with van der Waals surface area (Å²) in [6.45, 7) is 3.17. The van der Waals surface area contributed by atoms with E-state index < -0.39 is 18.0 Å². The minimum atomic E-state index is -1.04. The van der Waals surface area contributed by atoms with Crippen LogP contribution in [0.4, 0.5) is 5.69 Å². The number of ether oxygens (including phenoxy) is 6. The number of methoxy groups -OCH3 is 1. The van der Waals surface area contributed by atoms with Crippen LogP contribution in [-0.2, 0) is 9.53 Å². The largest absolute Gasteiger partial charge is 0.493 e. The topological polar surface area (TPSA) is 102 Å². The van der Waals surface area contributed by atoms with Crippen LogP contribution in [0.15, 0.2) is 30.3 Å². The SMILES string of the molecule is COc1cc(C(=O)O[C@@H](C)C(=O)Nc2ccc3c(c2)OCCO3)cc2c1OCCO2.